The fourth-order valence-electron chi connectivity index (χ4n) is 2.44. The third-order valence-electron chi connectivity index (χ3n) is 3.40. The van der Waals surface area contributed by atoms with Gasteiger partial charge in [0.05, 0.1) is 5.52 Å². The molecule has 3 heteroatoms. The van der Waals surface area contributed by atoms with Gasteiger partial charge in [-0.2, -0.15) is 0 Å². The molecule has 1 aromatic heterocycles. The summed E-state index contributed by atoms with van der Waals surface area (Å²) in [7, 11) is 0. The van der Waals surface area contributed by atoms with Crippen LogP contribution in [0.4, 0.5) is 11.4 Å². The van der Waals surface area contributed by atoms with Gasteiger partial charge in [-0.15, -0.1) is 0 Å². The average molecular weight is 239 g/mol. The van der Waals surface area contributed by atoms with E-state index >= 15 is 0 Å². The van der Waals surface area contributed by atoms with Crippen LogP contribution in [0.3, 0.4) is 0 Å². The van der Waals surface area contributed by atoms with Crippen LogP contribution in [0.5, 0.6) is 0 Å². The Bertz CT molecular complexity index is 589. The summed E-state index contributed by atoms with van der Waals surface area (Å²) in [5.41, 5.74) is 8.65. The van der Waals surface area contributed by atoms with Gasteiger partial charge < -0.3 is 11.1 Å². The van der Waals surface area contributed by atoms with Crippen LogP contribution in [0.1, 0.15) is 19.3 Å². The molecule has 18 heavy (non-hydrogen) atoms. The Labute approximate surface area is 107 Å². The topological polar surface area (TPSA) is 50.9 Å². The van der Waals surface area contributed by atoms with E-state index in [1.807, 2.05) is 30.5 Å². The van der Waals surface area contributed by atoms with E-state index in [-0.39, 0.29) is 0 Å². The maximum atomic E-state index is 5.79. The lowest BCUT2D eigenvalue weighted by atomic mass is 10.0. The molecule has 1 aliphatic carbocycles. The standard InChI is InChI=1S/C15H17N3/c16-11-6-7-13-14(8-9-17-15(13)10-11)18-12-4-2-1-3-5-12/h1-2,6-10,12H,3-5,16H2,(H,17,18). The highest BCUT2D eigenvalue weighted by Crippen LogP contribution is 2.25. The third kappa shape index (κ3) is 2.16. The van der Waals surface area contributed by atoms with Crippen LogP contribution in [-0.4, -0.2) is 11.0 Å². The minimum Gasteiger partial charge on any atom is -0.399 e. The van der Waals surface area contributed by atoms with E-state index in [1.54, 1.807) is 0 Å². The summed E-state index contributed by atoms with van der Waals surface area (Å²) in [4.78, 5) is 4.36. The number of nitrogens with zero attached hydrogens (tertiary/aromatic N) is 1. The number of hydrogen-bond donors (Lipinski definition) is 2. The molecule has 0 amide bonds. The zero-order valence-electron chi connectivity index (χ0n) is 10.3. The zero-order valence-corrected chi connectivity index (χ0v) is 10.3. The summed E-state index contributed by atoms with van der Waals surface area (Å²) in [5.74, 6) is 0. The molecule has 3 N–H and O–H groups in total. The molecule has 0 saturated heterocycles. The predicted octanol–water partition coefficient (Wildman–Crippen LogP) is 3.34. The minimum absolute atomic E-state index is 0.526. The van der Waals surface area contributed by atoms with E-state index in [0.717, 1.165) is 35.1 Å². The monoisotopic (exact) mass is 239 g/mol. The average Bonchev–Trinajstić information content (AvgIpc) is 2.40. The van der Waals surface area contributed by atoms with Crippen LogP contribution < -0.4 is 11.1 Å². The van der Waals surface area contributed by atoms with Gasteiger partial charge in [-0.3, -0.25) is 4.98 Å². The van der Waals surface area contributed by atoms with E-state index in [2.05, 4.69) is 22.5 Å². The van der Waals surface area contributed by atoms with Crippen molar-refractivity contribution in [1.82, 2.24) is 4.98 Å². The SMILES string of the molecule is Nc1ccc2c(NC3CC=CCC3)ccnc2c1. The first kappa shape index (κ1) is 11.1. The first-order chi connectivity index (χ1) is 8.83. The summed E-state index contributed by atoms with van der Waals surface area (Å²) in [6, 6.07) is 8.45. The van der Waals surface area contributed by atoms with Gasteiger partial charge in [-0.05, 0) is 43.5 Å². The summed E-state index contributed by atoms with van der Waals surface area (Å²) in [6.45, 7) is 0. The largest absolute Gasteiger partial charge is 0.399 e. The van der Waals surface area contributed by atoms with Crippen molar-refractivity contribution in [3.63, 3.8) is 0 Å². The van der Waals surface area contributed by atoms with Crippen LogP contribution in [0.15, 0.2) is 42.6 Å². The van der Waals surface area contributed by atoms with Crippen molar-refractivity contribution in [3.05, 3.63) is 42.6 Å². The van der Waals surface area contributed by atoms with Gasteiger partial charge >= 0.3 is 0 Å². The number of pyridine rings is 1. The van der Waals surface area contributed by atoms with Crippen molar-refractivity contribution < 1.29 is 0 Å². The molecule has 0 fully saturated rings. The van der Waals surface area contributed by atoms with Crippen LogP contribution in [0.25, 0.3) is 10.9 Å². The fourth-order valence-corrected chi connectivity index (χ4v) is 2.44. The van der Waals surface area contributed by atoms with Crippen molar-refractivity contribution in [2.45, 2.75) is 25.3 Å². The van der Waals surface area contributed by atoms with Crippen molar-refractivity contribution in [1.29, 1.82) is 0 Å². The number of nitrogens with two attached hydrogens (primary N) is 1. The van der Waals surface area contributed by atoms with Gasteiger partial charge in [0.15, 0.2) is 0 Å². The number of nitrogens with one attached hydrogen (secondary N) is 1. The van der Waals surface area contributed by atoms with Crippen molar-refractivity contribution in [2.75, 3.05) is 11.1 Å². The van der Waals surface area contributed by atoms with E-state index in [4.69, 9.17) is 5.73 Å². The first-order valence-electron chi connectivity index (χ1n) is 6.39. The number of nitrogen functional groups attached to an aromatic ring is 1. The van der Waals surface area contributed by atoms with Gasteiger partial charge in [-0.25, -0.2) is 0 Å². The third-order valence-corrected chi connectivity index (χ3v) is 3.40. The number of fused-ring (bicyclic) bond motifs is 1. The molecule has 3 rings (SSSR count). The second kappa shape index (κ2) is 4.69. The van der Waals surface area contributed by atoms with Crippen LogP contribution in [0.2, 0.25) is 0 Å². The smallest absolute Gasteiger partial charge is 0.0743 e. The van der Waals surface area contributed by atoms with Crippen molar-refractivity contribution in [2.24, 2.45) is 0 Å². The molecule has 1 atom stereocenters. The molecule has 1 unspecified atom stereocenters. The lowest BCUT2D eigenvalue weighted by Gasteiger charge is -2.21. The Kier molecular flexibility index (Phi) is 2.89. The lowest BCUT2D eigenvalue weighted by Crippen LogP contribution is -2.20. The molecular formula is C15H17N3. The minimum atomic E-state index is 0.526. The van der Waals surface area contributed by atoms with E-state index < -0.39 is 0 Å². The van der Waals surface area contributed by atoms with Gasteiger partial charge in [0.2, 0.25) is 0 Å². The Balaban J connectivity index is 1.93. The molecule has 0 saturated carbocycles. The Morgan fingerprint density at radius 3 is 3.00 bits per heavy atom. The number of hydrogen-bond acceptors (Lipinski definition) is 3. The second-order valence-electron chi connectivity index (χ2n) is 4.76. The van der Waals surface area contributed by atoms with E-state index in [1.165, 1.54) is 6.42 Å². The molecule has 0 aliphatic heterocycles. The Morgan fingerprint density at radius 2 is 2.17 bits per heavy atom. The normalized spacial score (nSPS) is 19.0. The van der Waals surface area contributed by atoms with E-state index in [9.17, 15) is 0 Å². The molecular weight excluding hydrogens is 222 g/mol. The number of anilines is 2. The van der Waals surface area contributed by atoms with Crippen LogP contribution in [-0.2, 0) is 0 Å². The van der Waals surface area contributed by atoms with Gasteiger partial charge in [-0.1, -0.05) is 12.2 Å². The molecule has 1 aromatic carbocycles. The predicted molar refractivity (Wildman–Crippen MR) is 76.6 cm³/mol. The number of benzene rings is 1. The molecule has 0 bridgehead atoms. The van der Waals surface area contributed by atoms with E-state index in [0.29, 0.717) is 6.04 Å². The van der Waals surface area contributed by atoms with Crippen molar-refractivity contribution >= 4 is 22.3 Å². The molecule has 1 aliphatic rings. The number of allylic oxidation sites excluding steroid dienone is 1. The summed E-state index contributed by atoms with van der Waals surface area (Å²) < 4.78 is 0. The zero-order chi connectivity index (χ0) is 12.4. The highest BCUT2D eigenvalue weighted by molar-refractivity contribution is 5.92. The quantitative estimate of drug-likeness (QED) is 0.624. The highest BCUT2D eigenvalue weighted by atomic mass is 14.9. The summed E-state index contributed by atoms with van der Waals surface area (Å²) in [5, 5.41) is 4.75. The molecule has 92 valence electrons. The number of rotatable bonds is 2. The molecule has 2 aromatic rings. The Hall–Kier alpha value is -2.03. The van der Waals surface area contributed by atoms with Gasteiger partial charge in [0, 0.05) is 29.0 Å². The lowest BCUT2D eigenvalue weighted by molar-refractivity contribution is 0.645. The maximum absolute atomic E-state index is 5.79. The highest BCUT2D eigenvalue weighted by Gasteiger charge is 2.11. The number of aromatic nitrogens is 1. The van der Waals surface area contributed by atoms with Crippen LogP contribution >= 0.6 is 0 Å². The molecule has 0 spiro atoms. The summed E-state index contributed by atoms with van der Waals surface area (Å²) in [6.07, 6.45) is 9.79. The van der Waals surface area contributed by atoms with Crippen LogP contribution in [0, 0.1) is 0 Å². The molecule has 1 heterocycles. The van der Waals surface area contributed by atoms with Gasteiger partial charge in [0.1, 0.15) is 0 Å². The maximum Gasteiger partial charge on any atom is 0.0743 e. The van der Waals surface area contributed by atoms with Crippen molar-refractivity contribution in [3.8, 4) is 0 Å². The van der Waals surface area contributed by atoms with Gasteiger partial charge in [0.25, 0.3) is 0 Å². The molecule has 0 radical (unpaired) electrons. The molecule has 3 nitrogen and oxygen atoms in total. The fraction of sp³-hybridized carbons (Fsp3) is 0.267. The summed E-state index contributed by atoms with van der Waals surface area (Å²) >= 11 is 0. The first-order valence-corrected chi connectivity index (χ1v) is 6.39. The Morgan fingerprint density at radius 1 is 1.22 bits per heavy atom. The second-order valence-corrected chi connectivity index (χ2v) is 4.76.